The molecule has 2 aromatic heterocycles. The van der Waals surface area contributed by atoms with Gasteiger partial charge in [-0.1, -0.05) is 6.92 Å². The number of aromatic amines is 1. The van der Waals surface area contributed by atoms with Crippen molar-refractivity contribution in [2.45, 2.75) is 13.3 Å². The molecule has 0 aromatic carbocycles. The zero-order chi connectivity index (χ0) is 11.5. The maximum Gasteiger partial charge on any atom is 0.276 e. The molecule has 0 atom stereocenters. The summed E-state index contributed by atoms with van der Waals surface area (Å²) in [5, 5.41) is 6.85. The lowest BCUT2D eigenvalue weighted by Gasteiger charge is -2.01. The van der Waals surface area contributed by atoms with Crippen LogP contribution in [-0.2, 0) is 13.5 Å². The van der Waals surface area contributed by atoms with Gasteiger partial charge in [-0.25, -0.2) is 4.98 Å². The second-order valence-electron chi connectivity index (χ2n) is 3.39. The Morgan fingerprint density at radius 1 is 1.62 bits per heavy atom. The van der Waals surface area contributed by atoms with Crippen LogP contribution in [0.2, 0.25) is 0 Å². The third kappa shape index (κ3) is 1.95. The first-order valence-electron chi connectivity index (χ1n) is 5.04. The highest BCUT2D eigenvalue weighted by Gasteiger charge is 2.13. The number of amides is 1. The van der Waals surface area contributed by atoms with Crippen molar-refractivity contribution in [3.05, 3.63) is 29.8 Å². The van der Waals surface area contributed by atoms with Gasteiger partial charge >= 0.3 is 0 Å². The molecule has 0 saturated carbocycles. The van der Waals surface area contributed by atoms with E-state index in [9.17, 15) is 4.79 Å². The number of anilines is 1. The Labute approximate surface area is 92.7 Å². The molecule has 16 heavy (non-hydrogen) atoms. The number of rotatable bonds is 3. The van der Waals surface area contributed by atoms with Crippen LogP contribution in [0, 0.1) is 0 Å². The van der Waals surface area contributed by atoms with E-state index in [1.54, 1.807) is 30.2 Å². The molecule has 2 rings (SSSR count). The van der Waals surface area contributed by atoms with Crippen LogP contribution in [0.5, 0.6) is 0 Å². The zero-order valence-electron chi connectivity index (χ0n) is 9.19. The lowest BCUT2D eigenvalue weighted by molar-refractivity contribution is 0.101. The second-order valence-corrected chi connectivity index (χ2v) is 3.39. The molecule has 0 radical (unpaired) electrons. The van der Waals surface area contributed by atoms with E-state index in [1.807, 2.05) is 6.92 Å². The van der Waals surface area contributed by atoms with E-state index < -0.39 is 0 Å². The van der Waals surface area contributed by atoms with Crippen LogP contribution in [0.1, 0.15) is 23.1 Å². The Balaban J connectivity index is 2.17. The molecule has 6 nitrogen and oxygen atoms in total. The summed E-state index contributed by atoms with van der Waals surface area (Å²) in [6, 6.07) is 1.78. The third-order valence-corrected chi connectivity index (χ3v) is 2.26. The fourth-order valence-electron chi connectivity index (χ4n) is 1.42. The number of nitrogens with one attached hydrogen (secondary N) is 2. The summed E-state index contributed by atoms with van der Waals surface area (Å²) < 4.78 is 1.57. The van der Waals surface area contributed by atoms with Gasteiger partial charge in [0, 0.05) is 19.4 Å². The van der Waals surface area contributed by atoms with Crippen molar-refractivity contribution in [1.82, 2.24) is 19.7 Å². The molecule has 84 valence electrons. The molecule has 2 heterocycles. The largest absolute Gasteiger partial charge is 0.331 e. The number of nitrogens with zero attached hydrogens (tertiary/aromatic N) is 3. The molecule has 0 unspecified atom stereocenters. The molecule has 0 aliphatic rings. The van der Waals surface area contributed by atoms with Crippen LogP contribution in [0.4, 0.5) is 5.95 Å². The fourth-order valence-corrected chi connectivity index (χ4v) is 1.42. The Hall–Kier alpha value is -2.11. The molecule has 2 N–H and O–H groups in total. The van der Waals surface area contributed by atoms with Gasteiger partial charge in [0.15, 0.2) is 0 Å². The van der Waals surface area contributed by atoms with Gasteiger partial charge in [0.25, 0.3) is 5.91 Å². The Morgan fingerprint density at radius 3 is 3.00 bits per heavy atom. The SMILES string of the molecule is CCc1cc(C(=O)Nc2ncc[nH]2)n(C)n1. The molecule has 0 fully saturated rings. The van der Waals surface area contributed by atoms with Crippen molar-refractivity contribution in [1.29, 1.82) is 0 Å². The van der Waals surface area contributed by atoms with Crippen molar-refractivity contribution in [3.63, 3.8) is 0 Å². The second kappa shape index (κ2) is 4.18. The van der Waals surface area contributed by atoms with Crippen LogP contribution in [0.25, 0.3) is 0 Å². The standard InChI is InChI=1S/C10H13N5O/c1-3-7-6-8(15(2)14-7)9(16)13-10-11-4-5-12-10/h4-6H,3H2,1-2H3,(H2,11,12,13,16). The summed E-state index contributed by atoms with van der Waals surface area (Å²) in [6.07, 6.45) is 4.04. The first-order valence-corrected chi connectivity index (χ1v) is 5.04. The molecule has 2 aromatic rings. The highest BCUT2D eigenvalue weighted by Crippen LogP contribution is 2.06. The van der Waals surface area contributed by atoms with Crippen LogP contribution in [0.15, 0.2) is 18.5 Å². The van der Waals surface area contributed by atoms with Crippen molar-refractivity contribution >= 4 is 11.9 Å². The van der Waals surface area contributed by atoms with Gasteiger partial charge in [-0.3, -0.25) is 14.8 Å². The van der Waals surface area contributed by atoms with E-state index >= 15 is 0 Å². The number of carbonyl (C=O) groups is 1. The molecular formula is C10H13N5O. The van der Waals surface area contributed by atoms with E-state index in [1.165, 1.54) is 0 Å². The van der Waals surface area contributed by atoms with Gasteiger partial charge in [-0.15, -0.1) is 0 Å². The van der Waals surface area contributed by atoms with Crippen molar-refractivity contribution in [2.75, 3.05) is 5.32 Å². The number of aryl methyl sites for hydroxylation is 2. The van der Waals surface area contributed by atoms with Crippen molar-refractivity contribution in [2.24, 2.45) is 7.05 Å². The minimum absolute atomic E-state index is 0.218. The quantitative estimate of drug-likeness (QED) is 0.807. The van der Waals surface area contributed by atoms with E-state index in [4.69, 9.17) is 0 Å². The zero-order valence-corrected chi connectivity index (χ0v) is 9.19. The number of imidazole rings is 1. The predicted molar refractivity (Wildman–Crippen MR) is 59.1 cm³/mol. The van der Waals surface area contributed by atoms with Gasteiger partial charge in [-0.2, -0.15) is 5.10 Å². The third-order valence-electron chi connectivity index (χ3n) is 2.26. The Kier molecular flexibility index (Phi) is 2.72. The number of hydrogen-bond acceptors (Lipinski definition) is 3. The predicted octanol–water partition coefficient (Wildman–Crippen LogP) is 0.958. The molecule has 0 bridgehead atoms. The molecule has 0 aliphatic heterocycles. The summed E-state index contributed by atoms with van der Waals surface area (Å²) in [5.41, 5.74) is 1.42. The average Bonchev–Trinajstić information content (AvgIpc) is 2.87. The molecular weight excluding hydrogens is 206 g/mol. The normalized spacial score (nSPS) is 10.4. The first kappa shape index (κ1) is 10.4. The molecule has 0 aliphatic carbocycles. The van der Waals surface area contributed by atoms with Crippen LogP contribution >= 0.6 is 0 Å². The van der Waals surface area contributed by atoms with Gasteiger partial charge in [0.05, 0.1) is 5.69 Å². The summed E-state index contributed by atoms with van der Waals surface area (Å²) in [7, 11) is 1.75. The van der Waals surface area contributed by atoms with Gasteiger partial charge in [-0.05, 0) is 12.5 Å². The lowest BCUT2D eigenvalue weighted by atomic mass is 10.3. The van der Waals surface area contributed by atoms with Crippen LogP contribution < -0.4 is 5.32 Å². The van der Waals surface area contributed by atoms with E-state index in [0.29, 0.717) is 11.6 Å². The van der Waals surface area contributed by atoms with Crippen LogP contribution in [-0.4, -0.2) is 25.7 Å². The average molecular weight is 219 g/mol. The Morgan fingerprint density at radius 2 is 2.44 bits per heavy atom. The highest BCUT2D eigenvalue weighted by molar-refractivity contribution is 6.02. The molecule has 1 amide bonds. The minimum Gasteiger partial charge on any atom is -0.331 e. The van der Waals surface area contributed by atoms with Gasteiger partial charge < -0.3 is 4.98 Å². The smallest absolute Gasteiger partial charge is 0.276 e. The van der Waals surface area contributed by atoms with E-state index in [-0.39, 0.29) is 5.91 Å². The molecule has 0 saturated heterocycles. The maximum absolute atomic E-state index is 11.8. The minimum atomic E-state index is -0.218. The van der Waals surface area contributed by atoms with Crippen molar-refractivity contribution in [3.8, 4) is 0 Å². The topological polar surface area (TPSA) is 75.6 Å². The highest BCUT2D eigenvalue weighted by atomic mass is 16.2. The molecule has 0 spiro atoms. The number of hydrogen-bond donors (Lipinski definition) is 2. The number of carbonyl (C=O) groups excluding carboxylic acids is 1. The maximum atomic E-state index is 11.8. The number of H-pyrrole nitrogens is 1. The first-order chi connectivity index (χ1) is 7.70. The van der Waals surface area contributed by atoms with E-state index in [0.717, 1.165) is 12.1 Å². The fraction of sp³-hybridized carbons (Fsp3) is 0.300. The number of aromatic nitrogens is 4. The summed E-state index contributed by atoms with van der Waals surface area (Å²) in [5.74, 6) is 0.217. The monoisotopic (exact) mass is 219 g/mol. The Bertz CT molecular complexity index is 485. The summed E-state index contributed by atoms with van der Waals surface area (Å²) >= 11 is 0. The van der Waals surface area contributed by atoms with E-state index in [2.05, 4.69) is 20.4 Å². The molecule has 6 heteroatoms. The van der Waals surface area contributed by atoms with Crippen molar-refractivity contribution < 1.29 is 4.79 Å². The lowest BCUT2D eigenvalue weighted by Crippen LogP contribution is -2.16. The summed E-state index contributed by atoms with van der Waals surface area (Å²) in [4.78, 5) is 18.6. The van der Waals surface area contributed by atoms with Gasteiger partial charge in [0.1, 0.15) is 5.69 Å². The van der Waals surface area contributed by atoms with Crippen LogP contribution in [0.3, 0.4) is 0 Å². The summed E-state index contributed by atoms with van der Waals surface area (Å²) in [6.45, 7) is 2.00. The van der Waals surface area contributed by atoms with Gasteiger partial charge in [0.2, 0.25) is 5.95 Å².